The Kier molecular flexibility index (Phi) is 4.42. The van der Waals surface area contributed by atoms with Gasteiger partial charge in [-0.15, -0.1) is 4.91 Å². The van der Waals surface area contributed by atoms with Gasteiger partial charge in [0.15, 0.2) is 0 Å². The van der Waals surface area contributed by atoms with Crippen LogP contribution in [0.1, 0.15) is 17.3 Å². The van der Waals surface area contributed by atoms with Gasteiger partial charge in [-0.1, -0.05) is 12.1 Å². The van der Waals surface area contributed by atoms with Gasteiger partial charge in [0.05, 0.1) is 30.1 Å². The number of aliphatic imine (C=N–C) groups is 1. The van der Waals surface area contributed by atoms with Crippen LogP contribution in [-0.2, 0) is 9.53 Å². The van der Waals surface area contributed by atoms with E-state index >= 15 is 0 Å². The first-order valence-corrected chi connectivity index (χ1v) is 6.49. The Morgan fingerprint density at radius 2 is 2.19 bits per heavy atom. The molecular formula is C14H15N3O4. The lowest BCUT2D eigenvalue weighted by Crippen LogP contribution is -2.38. The van der Waals surface area contributed by atoms with E-state index in [0.29, 0.717) is 11.3 Å². The molecule has 110 valence electrons. The van der Waals surface area contributed by atoms with Crippen LogP contribution in [0.25, 0.3) is 0 Å². The maximum absolute atomic E-state index is 12.2. The smallest absolute Gasteiger partial charge is 0.340 e. The van der Waals surface area contributed by atoms with Crippen molar-refractivity contribution in [2.45, 2.75) is 13.0 Å². The van der Waals surface area contributed by atoms with Gasteiger partial charge in [-0.25, -0.2) is 4.79 Å². The van der Waals surface area contributed by atoms with Gasteiger partial charge in [-0.3, -0.25) is 9.79 Å². The summed E-state index contributed by atoms with van der Waals surface area (Å²) < 4.78 is 4.82. The van der Waals surface area contributed by atoms with Crippen LogP contribution in [0, 0.1) is 4.91 Å². The van der Waals surface area contributed by atoms with E-state index in [2.05, 4.69) is 10.2 Å². The quantitative estimate of drug-likeness (QED) is 0.621. The molecule has 0 saturated carbocycles. The third-order valence-corrected chi connectivity index (χ3v) is 3.08. The molecule has 0 spiro atoms. The Morgan fingerprint density at radius 1 is 1.48 bits per heavy atom. The number of nitroso groups, excluding NO2 is 1. The molecule has 1 aromatic carbocycles. The van der Waals surface area contributed by atoms with Crippen molar-refractivity contribution < 1.29 is 14.3 Å². The molecule has 0 radical (unpaired) electrons. The lowest BCUT2D eigenvalue weighted by Gasteiger charge is -2.17. The predicted octanol–water partition coefficient (Wildman–Crippen LogP) is 1.54. The zero-order chi connectivity index (χ0) is 15.4. The number of fused-ring (bicyclic) bond motifs is 1. The van der Waals surface area contributed by atoms with Crippen molar-refractivity contribution in [3.63, 3.8) is 0 Å². The van der Waals surface area contributed by atoms with E-state index in [1.807, 2.05) is 0 Å². The fraction of sp³-hybridized carbons (Fsp3) is 0.357. The number of hydrogen-bond acceptors (Lipinski definition) is 6. The Morgan fingerprint density at radius 3 is 2.86 bits per heavy atom. The molecule has 1 aromatic rings. The van der Waals surface area contributed by atoms with E-state index in [1.165, 1.54) is 4.90 Å². The highest BCUT2D eigenvalue weighted by atomic mass is 16.5. The number of hydrogen-bond donors (Lipinski definition) is 0. The second-order valence-electron chi connectivity index (χ2n) is 4.54. The summed E-state index contributed by atoms with van der Waals surface area (Å²) in [7, 11) is 1.58. The standard InChI is InChI=1S/C14H15N3O4/c1-3-21-14(19)12(16-20)11-8-17(2)13(18)9-6-4-5-7-10(9)15-11/h4-7,12H,3,8H2,1-2H3. The van der Waals surface area contributed by atoms with Crippen molar-refractivity contribution in [3.8, 4) is 0 Å². The summed E-state index contributed by atoms with van der Waals surface area (Å²) in [6.07, 6.45) is 0. The van der Waals surface area contributed by atoms with E-state index in [9.17, 15) is 14.5 Å². The topological polar surface area (TPSA) is 88.4 Å². The van der Waals surface area contributed by atoms with E-state index in [0.717, 1.165) is 0 Å². The molecular weight excluding hydrogens is 274 g/mol. The number of para-hydroxylation sites is 1. The largest absolute Gasteiger partial charge is 0.464 e. The minimum absolute atomic E-state index is 0.0444. The van der Waals surface area contributed by atoms with E-state index in [-0.39, 0.29) is 24.8 Å². The summed E-state index contributed by atoms with van der Waals surface area (Å²) in [5.41, 5.74) is 1.03. The summed E-state index contributed by atoms with van der Waals surface area (Å²) in [5, 5.41) is 2.81. The number of amides is 1. The molecule has 1 heterocycles. The van der Waals surface area contributed by atoms with Gasteiger partial charge in [0.2, 0.25) is 6.04 Å². The molecule has 21 heavy (non-hydrogen) atoms. The van der Waals surface area contributed by atoms with Gasteiger partial charge in [0.25, 0.3) is 5.91 Å². The molecule has 2 rings (SSSR count). The van der Waals surface area contributed by atoms with Crippen molar-refractivity contribution in [1.29, 1.82) is 0 Å². The van der Waals surface area contributed by atoms with Crippen LogP contribution in [0.3, 0.4) is 0 Å². The van der Waals surface area contributed by atoms with Gasteiger partial charge in [0.1, 0.15) is 0 Å². The van der Waals surface area contributed by atoms with Crippen LogP contribution in [-0.4, -0.2) is 48.7 Å². The summed E-state index contributed by atoms with van der Waals surface area (Å²) in [5.74, 6) is -0.982. The number of rotatable bonds is 4. The monoisotopic (exact) mass is 289 g/mol. The zero-order valence-electron chi connectivity index (χ0n) is 11.8. The molecule has 1 aliphatic heterocycles. The first-order chi connectivity index (χ1) is 10.1. The lowest BCUT2D eigenvalue weighted by atomic mass is 10.1. The molecule has 0 aliphatic carbocycles. The Labute approximate surface area is 121 Å². The molecule has 0 fully saturated rings. The summed E-state index contributed by atoms with van der Waals surface area (Å²) >= 11 is 0. The van der Waals surface area contributed by atoms with Gasteiger partial charge in [0, 0.05) is 7.05 Å². The van der Waals surface area contributed by atoms with Crippen LogP contribution in [0.5, 0.6) is 0 Å². The number of esters is 1. The fourth-order valence-electron chi connectivity index (χ4n) is 2.07. The molecule has 0 bridgehead atoms. The van der Waals surface area contributed by atoms with Crippen molar-refractivity contribution in [3.05, 3.63) is 34.7 Å². The maximum Gasteiger partial charge on any atom is 0.340 e. The van der Waals surface area contributed by atoms with Crippen molar-refractivity contribution in [2.24, 2.45) is 10.2 Å². The van der Waals surface area contributed by atoms with Crippen LogP contribution in [0.4, 0.5) is 5.69 Å². The third-order valence-electron chi connectivity index (χ3n) is 3.08. The summed E-state index contributed by atoms with van der Waals surface area (Å²) in [6.45, 7) is 1.83. The fourth-order valence-corrected chi connectivity index (χ4v) is 2.07. The minimum atomic E-state index is -1.34. The molecule has 7 heteroatoms. The third kappa shape index (κ3) is 2.96. The second-order valence-corrected chi connectivity index (χ2v) is 4.54. The Balaban J connectivity index is 2.44. The van der Waals surface area contributed by atoms with Crippen LogP contribution < -0.4 is 0 Å². The molecule has 1 aliphatic rings. The average Bonchev–Trinajstić information content (AvgIpc) is 2.59. The second kappa shape index (κ2) is 6.25. The van der Waals surface area contributed by atoms with E-state index < -0.39 is 12.0 Å². The summed E-state index contributed by atoms with van der Waals surface area (Å²) in [4.78, 5) is 40.7. The maximum atomic E-state index is 12.2. The molecule has 7 nitrogen and oxygen atoms in total. The van der Waals surface area contributed by atoms with Crippen molar-refractivity contribution in [1.82, 2.24) is 4.90 Å². The van der Waals surface area contributed by atoms with Crippen molar-refractivity contribution in [2.75, 3.05) is 20.2 Å². The predicted molar refractivity (Wildman–Crippen MR) is 76.7 cm³/mol. The first kappa shape index (κ1) is 14.8. The highest BCUT2D eigenvalue weighted by molar-refractivity contribution is 6.12. The molecule has 0 saturated heterocycles. The number of benzene rings is 1. The highest BCUT2D eigenvalue weighted by Crippen LogP contribution is 2.24. The van der Waals surface area contributed by atoms with Gasteiger partial charge < -0.3 is 9.64 Å². The molecule has 1 atom stereocenters. The molecule has 1 unspecified atom stereocenters. The number of nitrogens with zero attached hydrogens (tertiary/aromatic N) is 3. The summed E-state index contributed by atoms with van der Waals surface area (Å²) in [6, 6.07) is 5.41. The van der Waals surface area contributed by atoms with Crippen LogP contribution in [0.15, 0.2) is 34.4 Å². The van der Waals surface area contributed by atoms with Gasteiger partial charge in [-0.2, -0.15) is 0 Å². The van der Waals surface area contributed by atoms with Crippen LogP contribution >= 0.6 is 0 Å². The molecule has 0 aromatic heterocycles. The Hall–Kier alpha value is -2.57. The number of carbonyl (C=O) groups excluding carboxylic acids is 2. The van der Waals surface area contributed by atoms with Gasteiger partial charge in [-0.05, 0) is 24.2 Å². The first-order valence-electron chi connectivity index (χ1n) is 6.49. The Bertz CT molecular complexity index is 612. The molecule has 1 amide bonds. The zero-order valence-corrected chi connectivity index (χ0v) is 11.8. The van der Waals surface area contributed by atoms with E-state index in [1.54, 1.807) is 38.2 Å². The minimum Gasteiger partial charge on any atom is -0.464 e. The van der Waals surface area contributed by atoms with E-state index in [4.69, 9.17) is 4.74 Å². The SMILES string of the molecule is CCOC(=O)C(N=O)C1=Nc2ccccc2C(=O)N(C)C1. The number of carbonyl (C=O) groups is 2. The normalized spacial score (nSPS) is 15.6. The number of ether oxygens (including phenoxy) is 1. The van der Waals surface area contributed by atoms with Gasteiger partial charge >= 0.3 is 5.97 Å². The highest BCUT2D eigenvalue weighted by Gasteiger charge is 2.31. The average molecular weight is 289 g/mol. The van der Waals surface area contributed by atoms with Crippen molar-refractivity contribution >= 4 is 23.3 Å². The lowest BCUT2D eigenvalue weighted by molar-refractivity contribution is -0.142. The van der Waals surface area contributed by atoms with Crippen LogP contribution in [0.2, 0.25) is 0 Å². The molecule has 0 N–H and O–H groups in total.